The number of hydrogen-bond acceptors (Lipinski definition) is 4. The maximum atomic E-state index is 12.2. The van der Waals surface area contributed by atoms with Crippen LogP contribution in [0.25, 0.3) is 0 Å². The van der Waals surface area contributed by atoms with Crippen molar-refractivity contribution >= 4 is 33.2 Å². The van der Waals surface area contributed by atoms with Crippen LogP contribution in [-0.2, 0) is 10.0 Å². The van der Waals surface area contributed by atoms with E-state index in [0.717, 1.165) is 32.7 Å². The van der Waals surface area contributed by atoms with Crippen LogP contribution in [-0.4, -0.2) is 64.0 Å². The number of piperazine rings is 1. The average molecular weight is 366 g/mol. The molecule has 0 saturated carbocycles. The number of nitrogens with one attached hydrogen (secondary N) is 1. The summed E-state index contributed by atoms with van der Waals surface area (Å²) < 4.78 is 27.0. The molecule has 1 aromatic rings. The monoisotopic (exact) mass is 365 g/mol. The smallest absolute Gasteiger partial charge is 0.240 e. The molecule has 2 rings (SSSR count). The Hall–Kier alpha value is -0.370. The zero-order valence-corrected chi connectivity index (χ0v) is 14.9. The van der Waals surface area contributed by atoms with Gasteiger partial charge in [-0.25, -0.2) is 13.1 Å². The minimum absolute atomic E-state index is 0.137. The normalized spacial score (nSPS) is 17.8. The van der Waals surface area contributed by atoms with E-state index in [4.69, 9.17) is 23.2 Å². The third-order valence-corrected chi connectivity index (χ3v) is 6.03. The number of nitrogens with zero attached hydrogens (tertiary/aromatic N) is 2. The van der Waals surface area contributed by atoms with Gasteiger partial charge in [0.1, 0.15) is 0 Å². The van der Waals surface area contributed by atoms with Crippen molar-refractivity contribution in [1.29, 1.82) is 0 Å². The second-order valence-electron chi connectivity index (χ2n) is 5.25. The lowest BCUT2D eigenvalue weighted by molar-refractivity contribution is 0.139. The molecule has 5 nitrogen and oxygen atoms in total. The van der Waals surface area contributed by atoms with E-state index in [1.165, 1.54) is 18.2 Å². The molecule has 1 fully saturated rings. The first-order valence-electron chi connectivity index (χ1n) is 7.32. The molecule has 1 heterocycles. The van der Waals surface area contributed by atoms with Crippen molar-refractivity contribution in [1.82, 2.24) is 14.5 Å². The molecule has 22 heavy (non-hydrogen) atoms. The summed E-state index contributed by atoms with van der Waals surface area (Å²) in [5, 5.41) is 0.578. The summed E-state index contributed by atoms with van der Waals surface area (Å²) in [5.74, 6) is 0. The Balaban J connectivity index is 1.84. The van der Waals surface area contributed by atoms with Crippen LogP contribution in [0.4, 0.5) is 0 Å². The van der Waals surface area contributed by atoms with Crippen molar-refractivity contribution in [3.05, 3.63) is 28.2 Å². The van der Waals surface area contributed by atoms with Gasteiger partial charge < -0.3 is 4.90 Å². The molecule has 0 radical (unpaired) electrons. The maximum Gasteiger partial charge on any atom is 0.240 e. The fourth-order valence-corrected chi connectivity index (χ4v) is 3.80. The number of likely N-dealkylation sites (N-methyl/N-ethyl adjacent to an activating group) is 1. The van der Waals surface area contributed by atoms with Crippen molar-refractivity contribution in [3.63, 3.8) is 0 Å². The van der Waals surface area contributed by atoms with Crippen LogP contribution in [0.3, 0.4) is 0 Å². The van der Waals surface area contributed by atoms with Gasteiger partial charge in [0, 0.05) is 39.3 Å². The van der Waals surface area contributed by atoms with Crippen LogP contribution in [0.15, 0.2) is 23.1 Å². The van der Waals surface area contributed by atoms with Gasteiger partial charge in [0.25, 0.3) is 0 Å². The molecule has 124 valence electrons. The van der Waals surface area contributed by atoms with E-state index >= 15 is 0 Å². The zero-order valence-electron chi connectivity index (χ0n) is 12.6. The first kappa shape index (κ1) is 18.0. The van der Waals surface area contributed by atoms with Crippen LogP contribution in [0.5, 0.6) is 0 Å². The lowest BCUT2D eigenvalue weighted by Gasteiger charge is -2.33. The summed E-state index contributed by atoms with van der Waals surface area (Å²) in [4.78, 5) is 4.79. The molecular formula is C14H21Cl2N3O2S. The molecule has 1 N–H and O–H groups in total. The van der Waals surface area contributed by atoms with Crippen LogP contribution in [0.2, 0.25) is 10.0 Å². The Morgan fingerprint density at radius 1 is 1.09 bits per heavy atom. The summed E-state index contributed by atoms with van der Waals surface area (Å²) in [5.41, 5.74) is 0. The van der Waals surface area contributed by atoms with E-state index in [9.17, 15) is 8.42 Å². The van der Waals surface area contributed by atoms with Crippen molar-refractivity contribution in [3.8, 4) is 0 Å². The zero-order chi connectivity index (χ0) is 16.2. The fourth-order valence-electron chi connectivity index (χ4n) is 2.39. The highest BCUT2D eigenvalue weighted by atomic mass is 35.5. The van der Waals surface area contributed by atoms with E-state index in [0.29, 0.717) is 18.1 Å². The predicted molar refractivity (Wildman–Crippen MR) is 90.2 cm³/mol. The molecule has 0 atom stereocenters. The summed E-state index contributed by atoms with van der Waals surface area (Å²) in [6.45, 7) is 8.34. The highest BCUT2D eigenvalue weighted by Crippen LogP contribution is 2.24. The van der Waals surface area contributed by atoms with Gasteiger partial charge in [-0.2, -0.15) is 0 Å². The molecular weight excluding hydrogens is 345 g/mol. The second kappa shape index (κ2) is 7.95. The van der Waals surface area contributed by atoms with Gasteiger partial charge >= 0.3 is 0 Å². The summed E-state index contributed by atoms with van der Waals surface area (Å²) in [6.07, 6.45) is 0. The number of hydrogen-bond donors (Lipinski definition) is 1. The van der Waals surface area contributed by atoms with Crippen LogP contribution < -0.4 is 4.72 Å². The minimum atomic E-state index is -3.55. The van der Waals surface area contributed by atoms with E-state index < -0.39 is 10.0 Å². The molecule has 0 aliphatic carbocycles. The maximum absolute atomic E-state index is 12.2. The van der Waals surface area contributed by atoms with Gasteiger partial charge in [0.2, 0.25) is 10.0 Å². The lowest BCUT2D eigenvalue weighted by Crippen LogP contribution is -2.48. The summed E-state index contributed by atoms with van der Waals surface area (Å²) in [6, 6.07) is 4.31. The third-order valence-electron chi connectivity index (χ3n) is 3.83. The van der Waals surface area contributed by atoms with Crippen molar-refractivity contribution in [2.24, 2.45) is 0 Å². The van der Waals surface area contributed by atoms with Gasteiger partial charge in [-0.05, 0) is 24.7 Å². The fraction of sp³-hybridized carbons (Fsp3) is 0.571. The first-order valence-corrected chi connectivity index (χ1v) is 9.55. The van der Waals surface area contributed by atoms with E-state index in [2.05, 4.69) is 21.4 Å². The molecule has 1 aliphatic heterocycles. The summed E-state index contributed by atoms with van der Waals surface area (Å²) >= 11 is 11.7. The first-order chi connectivity index (χ1) is 10.4. The van der Waals surface area contributed by atoms with E-state index in [1.54, 1.807) is 0 Å². The SMILES string of the molecule is CCN1CCN(CCNS(=O)(=O)c2ccc(Cl)c(Cl)c2)CC1. The molecule has 0 aromatic heterocycles. The minimum Gasteiger partial charge on any atom is -0.301 e. The Morgan fingerprint density at radius 2 is 1.73 bits per heavy atom. The van der Waals surface area contributed by atoms with Crippen LogP contribution in [0.1, 0.15) is 6.92 Å². The molecule has 8 heteroatoms. The van der Waals surface area contributed by atoms with Crippen molar-refractivity contribution in [2.45, 2.75) is 11.8 Å². The van der Waals surface area contributed by atoms with Crippen molar-refractivity contribution in [2.75, 3.05) is 45.8 Å². The standard InChI is InChI=1S/C14H21Cl2N3O2S/c1-2-18-7-9-19(10-8-18)6-5-17-22(20,21)12-3-4-13(15)14(16)11-12/h3-4,11,17H,2,5-10H2,1H3. The largest absolute Gasteiger partial charge is 0.301 e. The Labute approximate surface area is 142 Å². The average Bonchev–Trinajstić information content (AvgIpc) is 2.50. The van der Waals surface area contributed by atoms with Gasteiger partial charge in [0.05, 0.1) is 14.9 Å². The highest BCUT2D eigenvalue weighted by molar-refractivity contribution is 7.89. The number of benzene rings is 1. The van der Waals surface area contributed by atoms with E-state index in [-0.39, 0.29) is 9.92 Å². The number of sulfonamides is 1. The third kappa shape index (κ3) is 4.81. The number of halogens is 2. The Kier molecular flexibility index (Phi) is 6.49. The molecule has 1 aromatic carbocycles. The van der Waals surface area contributed by atoms with Gasteiger partial charge in [-0.15, -0.1) is 0 Å². The molecule has 1 saturated heterocycles. The van der Waals surface area contributed by atoms with Crippen LogP contribution >= 0.6 is 23.2 Å². The van der Waals surface area contributed by atoms with Crippen molar-refractivity contribution < 1.29 is 8.42 Å². The molecule has 0 amide bonds. The second-order valence-corrected chi connectivity index (χ2v) is 7.83. The highest BCUT2D eigenvalue weighted by Gasteiger charge is 2.18. The molecule has 0 unspecified atom stereocenters. The lowest BCUT2D eigenvalue weighted by atomic mass is 10.3. The topological polar surface area (TPSA) is 52.6 Å². The van der Waals surface area contributed by atoms with Crippen LogP contribution in [0, 0.1) is 0 Å². The quantitative estimate of drug-likeness (QED) is 0.836. The van der Waals surface area contributed by atoms with E-state index in [1.807, 2.05) is 0 Å². The molecule has 0 spiro atoms. The Bertz CT molecular complexity index is 602. The Morgan fingerprint density at radius 3 is 2.32 bits per heavy atom. The van der Waals surface area contributed by atoms with Gasteiger partial charge in [-0.1, -0.05) is 30.1 Å². The summed E-state index contributed by atoms with van der Waals surface area (Å²) in [7, 11) is -3.55. The molecule has 1 aliphatic rings. The number of rotatable bonds is 6. The predicted octanol–water partition coefficient (Wildman–Crippen LogP) is 1.91. The molecule has 0 bridgehead atoms. The van der Waals surface area contributed by atoms with Gasteiger partial charge in [-0.3, -0.25) is 4.90 Å². The van der Waals surface area contributed by atoms with Gasteiger partial charge in [0.15, 0.2) is 0 Å².